The fourth-order valence-electron chi connectivity index (χ4n) is 2.13. The third-order valence-electron chi connectivity index (χ3n) is 3.19. The average molecular weight is 294 g/mol. The molecule has 0 bridgehead atoms. The third-order valence-corrected chi connectivity index (χ3v) is 3.19. The Labute approximate surface area is 122 Å². The predicted molar refractivity (Wildman–Crippen MR) is 75.8 cm³/mol. The molecule has 0 saturated carbocycles. The molecule has 2 rings (SSSR count). The summed E-state index contributed by atoms with van der Waals surface area (Å²) in [6, 6.07) is 8.85. The van der Waals surface area contributed by atoms with E-state index in [0.29, 0.717) is 0 Å². The fraction of sp³-hybridized carbons (Fsp3) is 0.312. The van der Waals surface area contributed by atoms with Crippen LogP contribution >= 0.6 is 0 Å². The van der Waals surface area contributed by atoms with Gasteiger partial charge in [0.25, 0.3) is 0 Å². The van der Waals surface area contributed by atoms with Gasteiger partial charge in [0.2, 0.25) is 0 Å². The smallest absolute Gasteiger partial charge is 0.306 e. The number of hydrogen-bond donors (Lipinski definition) is 1. The molecule has 0 radical (unpaired) electrons. The van der Waals surface area contributed by atoms with Gasteiger partial charge in [-0.05, 0) is 42.3 Å². The highest BCUT2D eigenvalue weighted by atomic mass is 19.4. The van der Waals surface area contributed by atoms with Gasteiger partial charge in [0, 0.05) is 12.4 Å². The monoisotopic (exact) mass is 294 g/mol. The molecular formula is C16H17F3N2. The van der Waals surface area contributed by atoms with E-state index in [4.69, 9.17) is 0 Å². The van der Waals surface area contributed by atoms with E-state index in [0.717, 1.165) is 36.2 Å². The molecule has 1 aromatic heterocycles. The van der Waals surface area contributed by atoms with Crippen molar-refractivity contribution in [3.63, 3.8) is 0 Å². The van der Waals surface area contributed by atoms with Gasteiger partial charge in [0.05, 0.1) is 11.6 Å². The van der Waals surface area contributed by atoms with Crippen molar-refractivity contribution >= 4 is 0 Å². The minimum absolute atomic E-state index is 0.152. The summed E-state index contributed by atoms with van der Waals surface area (Å²) < 4.78 is 37.9. The van der Waals surface area contributed by atoms with E-state index >= 15 is 0 Å². The minimum atomic E-state index is -4.31. The standard InChI is InChI=1S/C16H17F3N2/c1-2-9-21-15(13-4-3-10-20-11-13)12-5-7-14(8-6-12)16(17,18)19/h3-8,10-11,15,21H,2,9H2,1H3. The summed E-state index contributed by atoms with van der Waals surface area (Å²) in [5, 5.41) is 3.34. The van der Waals surface area contributed by atoms with Crippen molar-refractivity contribution in [1.29, 1.82) is 0 Å². The van der Waals surface area contributed by atoms with Crippen LogP contribution in [0.3, 0.4) is 0 Å². The summed E-state index contributed by atoms with van der Waals surface area (Å²) in [5.41, 5.74) is 1.10. The third kappa shape index (κ3) is 4.04. The van der Waals surface area contributed by atoms with Crippen molar-refractivity contribution in [2.75, 3.05) is 6.54 Å². The molecule has 5 heteroatoms. The molecule has 112 valence electrons. The lowest BCUT2D eigenvalue weighted by molar-refractivity contribution is -0.137. The maximum absolute atomic E-state index is 12.6. The molecule has 1 N–H and O–H groups in total. The van der Waals surface area contributed by atoms with Crippen LogP contribution in [0.1, 0.15) is 36.1 Å². The maximum atomic E-state index is 12.6. The zero-order valence-electron chi connectivity index (χ0n) is 11.7. The van der Waals surface area contributed by atoms with Gasteiger partial charge < -0.3 is 5.32 Å². The van der Waals surface area contributed by atoms with Gasteiger partial charge >= 0.3 is 6.18 Å². The number of benzene rings is 1. The highest BCUT2D eigenvalue weighted by molar-refractivity contribution is 5.33. The van der Waals surface area contributed by atoms with Crippen molar-refractivity contribution in [2.24, 2.45) is 0 Å². The molecule has 0 aliphatic carbocycles. The van der Waals surface area contributed by atoms with Crippen LogP contribution in [0, 0.1) is 0 Å². The predicted octanol–water partition coefficient (Wildman–Crippen LogP) is 4.19. The Hall–Kier alpha value is -1.88. The quantitative estimate of drug-likeness (QED) is 0.894. The summed E-state index contributed by atoms with van der Waals surface area (Å²) in [5.74, 6) is 0. The first-order valence-corrected chi connectivity index (χ1v) is 6.83. The van der Waals surface area contributed by atoms with Gasteiger partial charge in [-0.2, -0.15) is 13.2 Å². The Morgan fingerprint density at radius 1 is 1.10 bits per heavy atom. The Morgan fingerprint density at radius 3 is 2.33 bits per heavy atom. The Bertz CT molecular complexity index is 550. The lowest BCUT2D eigenvalue weighted by atomic mass is 9.98. The Morgan fingerprint density at radius 2 is 1.81 bits per heavy atom. The summed E-state index contributed by atoms with van der Waals surface area (Å²) in [7, 11) is 0. The molecule has 1 unspecified atom stereocenters. The van der Waals surface area contributed by atoms with Crippen molar-refractivity contribution in [3.8, 4) is 0 Å². The molecule has 2 nitrogen and oxygen atoms in total. The summed E-state index contributed by atoms with van der Waals surface area (Å²) in [6.07, 6.45) is 0.0364. The second-order valence-corrected chi connectivity index (χ2v) is 4.79. The number of hydrogen-bond acceptors (Lipinski definition) is 2. The van der Waals surface area contributed by atoms with Crippen LogP contribution in [0.5, 0.6) is 0 Å². The zero-order chi connectivity index (χ0) is 15.3. The first-order chi connectivity index (χ1) is 10.0. The van der Waals surface area contributed by atoms with E-state index in [1.54, 1.807) is 12.4 Å². The van der Waals surface area contributed by atoms with Crippen LogP contribution in [0.4, 0.5) is 13.2 Å². The second kappa shape index (κ2) is 6.72. The normalized spacial score (nSPS) is 13.1. The largest absolute Gasteiger partial charge is 0.416 e. The van der Waals surface area contributed by atoms with E-state index in [1.807, 2.05) is 19.1 Å². The van der Waals surface area contributed by atoms with E-state index in [9.17, 15) is 13.2 Å². The minimum Gasteiger partial charge on any atom is -0.306 e. The number of pyridine rings is 1. The maximum Gasteiger partial charge on any atom is 0.416 e. The molecule has 1 heterocycles. The molecular weight excluding hydrogens is 277 g/mol. The topological polar surface area (TPSA) is 24.9 Å². The number of nitrogens with one attached hydrogen (secondary N) is 1. The number of halogens is 3. The van der Waals surface area contributed by atoms with Crippen LogP contribution in [-0.4, -0.2) is 11.5 Å². The number of rotatable bonds is 5. The van der Waals surface area contributed by atoms with E-state index in [1.165, 1.54) is 12.1 Å². The lowest BCUT2D eigenvalue weighted by Gasteiger charge is -2.19. The molecule has 0 fully saturated rings. The van der Waals surface area contributed by atoms with Gasteiger partial charge in [0.1, 0.15) is 0 Å². The molecule has 1 atom stereocenters. The Kier molecular flexibility index (Phi) is 4.96. The molecule has 0 aliphatic heterocycles. The number of nitrogens with zero attached hydrogens (tertiary/aromatic N) is 1. The van der Waals surface area contributed by atoms with E-state index in [-0.39, 0.29) is 6.04 Å². The SMILES string of the molecule is CCCNC(c1ccc(C(F)(F)F)cc1)c1cccnc1. The molecule has 0 saturated heterocycles. The Balaban J connectivity index is 2.29. The molecule has 0 spiro atoms. The average Bonchev–Trinajstić information content (AvgIpc) is 2.48. The van der Waals surface area contributed by atoms with Crippen LogP contribution < -0.4 is 5.32 Å². The molecule has 0 aliphatic rings. The van der Waals surface area contributed by atoms with Crippen LogP contribution in [-0.2, 0) is 6.18 Å². The first-order valence-electron chi connectivity index (χ1n) is 6.83. The van der Waals surface area contributed by atoms with Gasteiger partial charge in [0.15, 0.2) is 0 Å². The summed E-state index contributed by atoms with van der Waals surface area (Å²) in [6.45, 7) is 2.82. The second-order valence-electron chi connectivity index (χ2n) is 4.79. The highest BCUT2D eigenvalue weighted by Crippen LogP contribution is 2.30. The van der Waals surface area contributed by atoms with Gasteiger partial charge in [-0.25, -0.2) is 0 Å². The zero-order valence-corrected chi connectivity index (χ0v) is 11.7. The molecule has 0 amide bonds. The first kappa shape index (κ1) is 15.5. The van der Waals surface area contributed by atoms with Gasteiger partial charge in [-0.3, -0.25) is 4.98 Å². The van der Waals surface area contributed by atoms with Crippen molar-refractivity contribution in [1.82, 2.24) is 10.3 Å². The highest BCUT2D eigenvalue weighted by Gasteiger charge is 2.30. The van der Waals surface area contributed by atoms with Crippen molar-refractivity contribution in [3.05, 3.63) is 65.5 Å². The van der Waals surface area contributed by atoms with Crippen LogP contribution in [0.15, 0.2) is 48.8 Å². The fourth-order valence-corrected chi connectivity index (χ4v) is 2.13. The van der Waals surface area contributed by atoms with Crippen molar-refractivity contribution < 1.29 is 13.2 Å². The molecule has 21 heavy (non-hydrogen) atoms. The molecule has 1 aromatic carbocycles. The number of alkyl halides is 3. The number of aromatic nitrogens is 1. The van der Waals surface area contributed by atoms with E-state index < -0.39 is 11.7 Å². The summed E-state index contributed by atoms with van der Waals surface area (Å²) >= 11 is 0. The van der Waals surface area contributed by atoms with Gasteiger partial charge in [-0.15, -0.1) is 0 Å². The summed E-state index contributed by atoms with van der Waals surface area (Å²) in [4.78, 5) is 4.08. The van der Waals surface area contributed by atoms with Crippen LogP contribution in [0.25, 0.3) is 0 Å². The molecule has 2 aromatic rings. The van der Waals surface area contributed by atoms with Crippen LogP contribution in [0.2, 0.25) is 0 Å². The van der Waals surface area contributed by atoms with Crippen molar-refractivity contribution in [2.45, 2.75) is 25.6 Å². The lowest BCUT2D eigenvalue weighted by Crippen LogP contribution is -2.23. The van der Waals surface area contributed by atoms with Gasteiger partial charge in [-0.1, -0.05) is 25.1 Å². The van der Waals surface area contributed by atoms with E-state index in [2.05, 4.69) is 10.3 Å².